The summed E-state index contributed by atoms with van der Waals surface area (Å²) >= 11 is 0. The summed E-state index contributed by atoms with van der Waals surface area (Å²) in [6.45, 7) is 8.32. The van der Waals surface area contributed by atoms with Crippen molar-refractivity contribution in [1.82, 2.24) is 15.0 Å². The van der Waals surface area contributed by atoms with Gasteiger partial charge in [0, 0.05) is 54.0 Å². The van der Waals surface area contributed by atoms with Gasteiger partial charge in [0.25, 0.3) is 0 Å². The van der Waals surface area contributed by atoms with Gasteiger partial charge >= 0.3 is 0 Å². The lowest BCUT2D eigenvalue weighted by Gasteiger charge is -2.34. The van der Waals surface area contributed by atoms with Crippen molar-refractivity contribution < 1.29 is 0 Å². The molecule has 1 aliphatic rings. The van der Waals surface area contributed by atoms with E-state index in [0.717, 1.165) is 48.8 Å². The number of nitrogens with zero attached hydrogens (tertiary/aromatic N) is 4. The van der Waals surface area contributed by atoms with E-state index in [1.807, 2.05) is 12.1 Å². The van der Waals surface area contributed by atoms with Gasteiger partial charge in [0.2, 0.25) is 0 Å². The maximum absolute atomic E-state index is 4.91. The lowest BCUT2D eigenvalue weighted by atomic mass is 10.0. The van der Waals surface area contributed by atoms with Crippen LogP contribution >= 0.6 is 0 Å². The Bertz CT molecular complexity index is 946. The van der Waals surface area contributed by atoms with Gasteiger partial charge in [0.1, 0.15) is 5.82 Å². The average molecular weight is 374 g/mol. The van der Waals surface area contributed by atoms with Crippen molar-refractivity contribution in [1.29, 1.82) is 0 Å². The van der Waals surface area contributed by atoms with E-state index in [1.54, 1.807) is 12.4 Å². The Balaban J connectivity index is 1.49. The minimum absolute atomic E-state index is 0.501. The van der Waals surface area contributed by atoms with E-state index in [0.29, 0.717) is 6.04 Å². The van der Waals surface area contributed by atoms with E-state index in [4.69, 9.17) is 9.97 Å². The monoisotopic (exact) mass is 373 g/mol. The molecule has 1 N–H and O–H groups in total. The lowest BCUT2D eigenvalue weighted by molar-refractivity contribution is 0.522. The van der Waals surface area contributed by atoms with E-state index in [9.17, 15) is 0 Å². The third-order valence-electron chi connectivity index (χ3n) is 5.49. The quantitative estimate of drug-likeness (QED) is 0.727. The topological polar surface area (TPSA) is 53.9 Å². The highest BCUT2D eigenvalue weighted by molar-refractivity contribution is 5.60. The number of piperidine rings is 1. The molecule has 28 heavy (non-hydrogen) atoms. The van der Waals surface area contributed by atoms with Crippen molar-refractivity contribution >= 4 is 11.5 Å². The van der Waals surface area contributed by atoms with Crippen molar-refractivity contribution in [2.75, 3.05) is 23.3 Å². The van der Waals surface area contributed by atoms with Crippen molar-refractivity contribution in [3.8, 4) is 11.4 Å². The second kappa shape index (κ2) is 7.97. The van der Waals surface area contributed by atoms with Gasteiger partial charge in [0.05, 0.1) is 0 Å². The number of aromatic nitrogens is 3. The summed E-state index contributed by atoms with van der Waals surface area (Å²) < 4.78 is 0. The van der Waals surface area contributed by atoms with Crippen molar-refractivity contribution in [2.24, 2.45) is 0 Å². The zero-order valence-corrected chi connectivity index (χ0v) is 16.8. The van der Waals surface area contributed by atoms with Gasteiger partial charge in [-0.2, -0.15) is 0 Å². The van der Waals surface area contributed by atoms with E-state index >= 15 is 0 Å². The van der Waals surface area contributed by atoms with E-state index in [1.165, 1.54) is 16.8 Å². The summed E-state index contributed by atoms with van der Waals surface area (Å²) in [5, 5.41) is 3.69. The highest BCUT2D eigenvalue weighted by Crippen LogP contribution is 2.27. The molecule has 0 bridgehead atoms. The third-order valence-corrected chi connectivity index (χ3v) is 5.49. The Labute approximate surface area is 166 Å². The standard InChI is InChI=1S/C23H27N5/c1-16-5-4-6-21(15-16)26-20-9-13-28(14-10-20)23-17(2)18(3)25-22(27-23)19-7-11-24-12-8-19/h4-8,11-12,15,20,26H,9-10,13-14H2,1-3H3. The van der Waals surface area contributed by atoms with Crippen LogP contribution in [0.1, 0.15) is 29.7 Å². The zero-order chi connectivity index (χ0) is 19.5. The van der Waals surface area contributed by atoms with Crippen LogP contribution in [0.3, 0.4) is 0 Å². The average Bonchev–Trinajstić information content (AvgIpc) is 2.71. The van der Waals surface area contributed by atoms with Crippen LogP contribution in [0, 0.1) is 20.8 Å². The van der Waals surface area contributed by atoms with Crippen molar-refractivity contribution in [3.05, 3.63) is 65.6 Å². The molecule has 4 rings (SSSR count). The molecule has 5 heteroatoms. The number of benzene rings is 1. The second-order valence-corrected chi connectivity index (χ2v) is 7.59. The third kappa shape index (κ3) is 3.98. The SMILES string of the molecule is Cc1cccc(NC2CCN(c3nc(-c4ccncc4)nc(C)c3C)CC2)c1. The Kier molecular flexibility index (Phi) is 5.24. The highest BCUT2D eigenvalue weighted by Gasteiger charge is 2.23. The van der Waals surface area contributed by atoms with Crippen LogP contribution in [0.4, 0.5) is 11.5 Å². The van der Waals surface area contributed by atoms with E-state index in [-0.39, 0.29) is 0 Å². The molecule has 144 valence electrons. The summed E-state index contributed by atoms with van der Waals surface area (Å²) in [5.74, 6) is 1.84. The van der Waals surface area contributed by atoms with Crippen molar-refractivity contribution in [3.63, 3.8) is 0 Å². The molecule has 5 nitrogen and oxygen atoms in total. The smallest absolute Gasteiger partial charge is 0.161 e. The molecule has 2 aromatic heterocycles. The number of pyridine rings is 1. The van der Waals surface area contributed by atoms with Crippen LogP contribution in [-0.2, 0) is 0 Å². The van der Waals surface area contributed by atoms with Gasteiger partial charge in [-0.05, 0) is 63.4 Å². The van der Waals surface area contributed by atoms with Crippen LogP contribution in [0.2, 0.25) is 0 Å². The molecule has 1 aromatic carbocycles. The largest absolute Gasteiger partial charge is 0.382 e. The molecule has 1 fully saturated rings. The summed E-state index contributed by atoms with van der Waals surface area (Å²) in [7, 11) is 0. The minimum atomic E-state index is 0.501. The molecule has 0 radical (unpaired) electrons. The van der Waals surface area contributed by atoms with Crippen LogP contribution in [0.5, 0.6) is 0 Å². The molecule has 0 amide bonds. The molecular formula is C23H27N5. The van der Waals surface area contributed by atoms with Crippen LogP contribution in [0.25, 0.3) is 11.4 Å². The summed E-state index contributed by atoms with van der Waals surface area (Å²) in [5.41, 5.74) is 5.72. The Morgan fingerprint density at radius 2 is 1.71 bits per heavy atom. The number of nitrogens with one attached hydrogen (secondary N) is 1. The molecule has 0 aliphatic carbocycles. The molecule has 3 aromatic rings. The first-order valence-corrected chi connectivity index (χ1v) is 9.94. The first-order chi connectivity index (χ1) is 13.6. The first kappa shape index (κ1) is 18.4. The molecule has 0 spiro atoms. The summed E-state index contributed by atoms with van der Waals surface area (Å²) in [4.78, 5) is 16.1. The van der Waals surface area contributed by atoms with Gasteiger partial charge in [-0.15, -0.1) is 0 Å². The van der Waals surface area contributed by atoms with Crippen LogP contribution < -0.4 is 10.2 Å². The van der Waals surface area contributed by atoms with E-state index in [2.05, 4.69) is 60.2 Å². The summed E-state index contributed by atoms with van der Waals surface area (Å²) in [6.07, 6.45) is 5.77. The Morgan fingerprint density at radius 1 is 0.964 bits per heavy atom. The van der Waals surface area contributed by atoms with Gasteiger partial charge in [-0.3, -0.25) is 4.98 Å². The molecular weight excluding hydrogens is 346 g/mol. The number of hydrogen-bond donors (Lipinski definition) is 1. The second-order valence-electron chi connectivity index (χ2n) is 7.59. The van der Waals surface area contributed by atoms with E-state index < -0.39 is 0 Å². The molecule has 0 saturated carbocycles. The van der Waals surface area contributed by atoms with Gasteiger partial charge < -0.3 is 10.2 Å². The summed E-state index contributed by atoms with van der Waals surface area (Å²) in [6, 6.07) is 13.0. The fraction of sp³-hybridized carbons (Fsp3) is 0.348. The lowest BCUT2D eigenvalue weighted by Crippen LogP contribution is -2.40. The molecule has 0 unspecified atom stereocenters. The maximum Gasteiger partial charge on any atom is 0.161 e. The first-order valence-electron chi connectivity index (χ1n) is 9.94. The maximum atomic E-state index is 4.91. The predicted molar refractivity (Wildman–Crippen MR) is 115 cm³/mol. The predicted octanol–water partition coefficient (Wildman–Crippen LogP) is 4.54. The van der Waals surface area contributed by atoms with Gasteiger partial charge in [-0.1, -0.05) is 12.1 Å². The molecule has 1 aliphatic heterocycles. The number of aryl methyl sites for hydroxylation is 2. The van der Waals surface area contributed by atoms with Gasteiger partial charge in [-0.25, -0.2) is 9.97 Å². The number of hydrogen-bond acceptors (Lipinski definition) is 5. The normalized spacial score (nSPS) is 14.9. The number of anilines is 2. The Morgan fingerprint density at radius 3 is 2.43 bits per heavy atom. The molecule has 1 saturated heterocycles. The zero-order valence-electron chi connectivity index (χ0n) is 16.8. The minimum Gasteiger partial charge on any atom is -0.382 e. The van der Waals surface area contributed by atoms with Crippen molar-refractivity contribution in [2.45, 2.75) is 39.7 Å². The Hall–Kier alpha value is -2.95. The highest BCUT2D eigenvalue weighted by atomic mass is 15.2. The molecule has 0 atom stereocenters. The fourth-order valence-corrected chi connectivity index (χ4v) is 3.76. The van der Waals surface area contributed by atoms with Gasteiger partial charge in [0.15, 0.2) is 5.82 Å². The molecule has 3 heterocycles. The fourth-order valence-electron chi connectivity index (χ4n) is 3.76. The van der Waals surface area contributed by atoms with Crippen LogP contribution in [0.15, 0.2) is 48.8 Å². The number of rotatable bonds is 4. The van der Waals surface area contributed by atoms with Crippen LogP contribution in [-0.4, -0.2) is 34.1 Å².